The van der Waals surface area contributed by atoms with Gasteiger partial charge in [0.2, 0.25) is 0 Å². The van der Waals surface area contributed by atoms with E-state index in [2.05, 4.69) is 24.0 Å². The lowest BCUT2D eigenvalue weighted by molar-refractivity contribution is -0.709. The van der Waals surface area contributed by atoms with E-state index >= 15 is 0 Å². The summed E-state index contributed by atoms with van der Waals surface area (Å²) in [5, 5.41) is 12.5. The van der Waals surface area contributed by atoms with Crippen LogP contribution in [0.3, 0.4) is 0 Å². The minimum Gasteiger partial charge on any atom is -0.490 e. The average molecular weight is 298 g/mol. The summed E-state index contributed by atoms with van der Waals surface area (Å²) in [6.07, 6.45) is 1.27. The molecule has 0 spiro atoms. The molecule has 0 heterocycles. The van der Waals surface area contributed by atoms with Gasteiger partial charge in [-0.3, -0.25) is 0 Å². The predicted octanol–water partition coefficient (Wildman–Crippen LogP) is 2.44. The van der Waals surface area contributed by atoms with E-state index in [1.54, 1.807) is 6.08 Å². The van der Waals surface area contributed by atoms with Crippen LogP contribution in [0.1, 0.15) is 24.2 Å². The summed E-state index contributed by atoms with van der Waals surface area (Å²) < 4.78 is 5.46. The molecule has 0 fully saturated rings. The average Bonchev–Trinajstić information content (AvgIpc) is 2.58. The van der Waals surface area contributed by atoms with E-state index in [9.17, 15) is 5.11 Å². The second-order valence-electron chi connectivity index (χ2n) is 5.40. The number of ether oxygens (including phenoxy) is 1. The van der Waals surface area contributed by atoms with E-state index in [1.165, 1.54) is 5.56 Å². The predicted molar refractivity (Wildman–Crippen MR) is 88.6 cm³/mol. The van der Waals surface area contributed by atoms with Gasteiger partial charge < -0.3 is 15.2 Å². The van der Waals surface area contributed by atoms with Crippen molar-refractivity contribution in [1.82, 2.24) is 0 Å². The Morgan fingerprint density at radius 3 is 2.45 bits per heavy atom. The van der Waals surface area contributed by atoms with Crippen molar-refractivity contribution in [1.29, 1.82) is 0 Å². The molecule has 2 aromatic carbocycles. The summed E-state index contributed by atoms with van der Waals surface area (Å²) >= 11 is 0. The molecular weight excluding hydrogens is 274 g/mol. The first-order valence-corrected chi connectivity index (χ1v) is 7.59. The molecule has 3 nitrogen and oxygen atoms in total. The molecule has 0 aliphatic rings. The summed E-state index contributed by atoms with van der Waals surface area (Å²) in [5.41, 5.74) is 2.16. The van der Waals surface area contributed by atoms with Crippen LogP contribution in [0.25, 0.3) is 0 Å². The fraction of sp³-hybridized carbons (Fsp3) is 0.263. The smallest absolute Gasteiger partial charge is 0.130 e. The lowest BCUT2D eigenvalue weighted by Crippen LogP contribution is -2.88. The van der Waals surface area contributed by atoms with Gasteiger partial charge in [0, 0.05) is 5.56 Å². The Balaban J connectivity index is 1.85. The number of aliphatic hydroxyl groups is 1. The molecule has 116 valence electrons. The van der Waals surface area contributed by atoms with Crippen LogP contribution >= 0.6 is 0 Å². The third-order valence-electron chi connectivity index (χ3n) is 3.66. The normalized spacial score (nSPS) is 13.4. The number of quaternary nitrogens is 1. The van der Waals surface area contributed by atoms with Crippen molar-refractivity contribution < 1.29 is 15.2 Å². The summed E-state index contributed by atoms with van der Waals surface area (Å²) in [5.74, 6) is 0.848. The fourth-order valence-electron chi connectivity index (χ4n) is 2.28. The number of aliphatic hydroxyl groups excluding tert-OH is 1. The van der Waals surface area contributed by atoms with E-state index in [4.69, 9.17) is 4.74 Å². The Bertz CT molecular complexity index is 566. The van der Waals surface area contributed by atoms with Gasteiger partial charge in [0.1, 0.15) is 31.0 Å². The Labute approximate surface area is 132 Å². The first kappa shape index (κ1) is 16.3. The molecule has 2 rings (SSSR count). The monoisotopic (exact) mass is 298 g/mol. The Kier molecular flexibility index (Phi) is 6.19. The number of rotatable bonds is 8. The Morgan fingerprint density at radius 2 is 1.82 bits per heavy atom. The van der Waals surface area contributed by atoms with Crippen molar-refractivity contribution in [3.63, 3.8) is 0 Å². The molecule has 0 saturated carbocycles. The highest BCUT2D eigenvalue weighted by atomic mass is 16.5. The molecule has 2 atom stereocenters. The molecule has 0 aliphatic carbocycles. The number of benzene rings is 2. The third-order valence-corrected chi connectivity index (χ3v) is 3.66. The second kappa shape index (κ2) is 8.37. The van der Waals surface area contributed by atoms with Gasteiger partial charge in [0.05, 0.1) is 0 Å². The number of hydrogen-bond donors (Lipinski definition) is 2. The van der Waals surface area contributed by atoms with Crippen LogP contribution in [0.5, 0.6) is 5.75 Å². The molecule has 0 aromatic heterocycles. The van der Waals surface area contributed by atoms with Crippen molar-refractivity contribution in [2.24, 2.45) is 0 Å². The molecule has 0 radical (unpaired) electrons. The van der Waals surface area contributed by atoms with Crippen molar-refractivity contribution in [3.05, 3.63) is 78.4 Å². The molecule has 0 saturated heterocycles. The van der Waals surface area contributed by atoms with E-state index in [1.807, 2.05) is 49.4 Å². The summed E-state index contributed by atoms with van der Waals surface area (Å²) in [7, 11) is 0. The van der Waals surface area contributed by atoms with Crippen LogP contribution in [-0.2, 0) is 6.54 Å². The van der Waals surface area contributed by atoms with Gasteiger partial charge in [0.15, 0.2) is 0 Å². The molecule has 0 bridgehead atoms. The van der Waals surface area contributed by atoms with Crippen molar-refractivity contribution in [3.8, 4) is 5.75 Å². The summed E-state index contributed by atoms with van der Waals surface area (Å²) in [6, 6.07) is 17.9. The molecule has 3 heteroatoms. The Morgan fingerprint density at radius 1 is 1.14 bits per heavy atom. The SMILES string of the molecule is C=CCOc1ccc(C[NH2+][C@H](C)[C@@H](O)c2ccccc2)cc1. The van der Waals surface area contributed by atoms with Crippen LogP contribution in [0, 0.1) is 0 Å². The summed E-state index contributed by atoms with van der Waals surface area (Å²) in [4.78, 5) is 0. The standard InChI is InChI=1S/C19H23NO2/c1-3-13-22-18-11-9-16(10-12-18)14-20-15(2)19(21)17-7-5-4-6-8-17/h3-12,15,19-21H,1,13-14H2,2H3/p+1/t15-,19-/m1/s1. The maximum Gasteiger partial charge on any atom is 0.130 e. The maximum atomic E-state index is 10.3. The highest BCUT2D eigenvalue weighted by molar-refractivity contribution is 5.27. The second-order valence-corrected chi connectivity index (χ2v) is 5.40. The highest BCUT2D eigenvalue weighted by Gasteiger charge is 2.18. The van der Waals surface area contributed by atoms with Crippen molar-refractivity contribution in [2.75, 3.05) is 6.61 Å². The van der Waals surface area contributed by atoms with Gasteiger partial charge in [-0.25, -0.2) is 0 Å². The van der Waals surface area contributed by atoms with Crippen LogP contribution in [0.4, 0.5) is 0 Å². The van der Waals surface area contributed by atoms with Gasteiger partial charge in [-0.1, -0.05) is 43.0 Å². The molecular formula is C19H24NO2+. The first-order valence-electron chi connectivity index (χ1n) is 7.59. The number of nitrogens with two attached hydrogens (primary N) is 1. The van der Waals surface area contributed by atoms with E-state index in [-0.39, 0.29) is 6.04 Å². The van der Waals surface area contributed by atoms with Crippen LogP contribution in [0.15, 0.2) is 67.3 Å². The zero-order valence-electron chi connectivity index (χ0n) is 13.0. The van der Waals surface area contributed by atoms with Crippen LogP contribution in [0.2, 0.25) is 0 Å². The Hall–Kier alpha value is -2.10. The van der Waals surface area contributed by atoms with Gasteiger partial charge in [-0.05, 0) is 36.8 Å². The van der Waals surface area contributed by atoms with Crippen molar-refractivity contribution >= 4 is 0 Å². The topological polar surface area (TPSA) is 46.1 Å². The van der Waals surface area contributed by atoms with Gasteiger partial charge in [-0.15, -0.1) is 0 Å². The lowest BCUT2D eigenvalue weighted by atomic mass is 10.0. The van der Waals surface area contributed by atoms with E-state index in [0.29, 0.717) is 6.61 Å². The molecule has 3 N–H and O–H groups in total. The zero-order valence-corrected chi connectivity index (χ0v) is 13.0. The summed E-state index contributed by atoms with van der Waals surface area (Å²) in [6.45, 7) is 7.02. The van der Waals surface area contributed by atoms with Gasteiger partial charge >= 0.3 is 0 Å². The van der Waals surface area contributed by atoms with Crippen molar-refractivity contribution in [2.45, 2.75) is 25.6 Å². The number of hydrogen-bond acceptors (Lipinski definition) is 2. The molecule has 22 heavy (non-hydrogen) atoms. The van der Waals surface area contributed by atoms with Crippen LogP contribution in [-0.4, -0.2) is 17.8 Å². The third kappa shape index (κ3) is 4.72. The quantitative estimate of drug-likeness (QED) is 0.735. The molecule has 0 amide bonds. The molecule has 2 aromatic rings. The first-order chi connectivity index (χ1) is 10.7. The molecule has 0 aliphatic heterocycles. The van der Waals surface area contributed by atoms with E-state index < -0.39 is 6.10 Å². The highest BCUT2D eigenvalue weighted by Crippen LogP contribution is 2.14. The lowest BCUT2D eigenvalue weighted by Gasteiger charge is -2.18. The van der Waals surface area contributed by atoms with Gasteiger partial charge in [0.25, 0.3) is 0 Å². The molecule has 0 unspecified atom stereocenters. The maximum absolute atomic E-state index is 10.3. The van der Waals surface area contributed by atoms with Gasteiger partial charge in [-0.2, -0.15) is 0 Å². The minimum absolute atomic E-state index is 0.0964. The van der Waals surface area contributed by atoms with E-state index in [0.717, 1.165) is 17.9 Å². The van der Waals surface area contributed by atoms with Crippen LogP contribution < -0.4 is 10.1 Å². The largest absolute Gasteiger partial charge is 0.490 e. The fourth-order valence-corrected chi connectivity index (χ4v) is 2.28. The zero-order chi connectivity index (χ0) is 15.8. The minimum atomic E-state index is -0.462.